The molecule has 3 rings (SSSR count). The molecule has 0 aliphatic rings. The molecule has 7 heteroatoms. The Hall–Kier alpha value is -2.64. The summed E-state index contributed by atoms with van der Waals surface area (Å²) < 4.78 is 13.3. The van der Waals surface area contributed by atoms with Gasteiger partial charge in [0.15, 0.2) is 6.10 Å². The molecule has 1 atom stereocenters. The number of hydrazone groups is 1. The number of fused-ring (bicyclic) bond motifs is 1. The summed E-state index contributed by atoms with van der Waals surface area (Å²) in [6, 6.07) is 17.3. The first-order chi connectivity index (χ1) is 15.0. The molecule has 0 radical (unpaired) electrons. The third kappa shape index (κ3) is 5.95. The van der Waals surface area contributed by atoms with Gasteiger partial charge in [-0.3, -0.25) is 4.79 Å². The molecule has 0 spiro atoms. The van der Waals surface area contributed by atoms with Crippen LogP contribution in [-0.2, 0) is 4.79 Å². The van der Waals surface area contributed by atoms with Crippen LogP contribution in [-0.4, -0.2) is 24.8 Å². The van der Waals surface area contributed by atoms with Crippen LogP contribution in [0.3, 0.4) is 0 Å². The van der Waals surface area contributed by atoms with Crippen LogP contribution in [0.15, 0.2) is 81.3 Å². The van der Waals surface area contributed by atoms with Gasteiger partial charge in [0.1, 0.15) is 18.1 Å². The van der Waals surface area contributed by atoms with Crippen LogP contribution >= 0.6 is 31.9 Å². The van der Waals surface area contributed by atoms with Crippen molar-refractivity contribution in [1.29, 1.82) is 0 Å². The lowest BCUT2D eigenvalue weighted by molar-refractivity contribution is -0.128. The lowest BCUT2D eigenvalue weighted by atomic mass is 10.1. The van der Waals surface area contributed by atoms with Gasteiger partial charge in [0.05, 0.1) is 10.7 Å². The fraction of sp³-hybridized carbons (Fsp3) is 0.167. The second-order valence-corrected chi connectivity index (χ2v) is 8.34. The molecular formula is C24H22Br2N2O3. The number of halogens is 2. The van der Waals surface area contributed by atoms with Crippen LogP contribution in [0.5, 0.6) is 11.5 Å². The Morgan fingerprint density at radius 1 is 1.16 bits per heavy atom. The third-order valence-electron chi connectivity index (χ3n) is 4.47. The van der Waals surface area contributed by atoms with E-state index < -0.39 is 6.10 Å². The van der Waals surface area contributed by atoms with E-state index in [0.29, 0.717) is 24.5 Å². The summed E-state index contributed by atoms with van der Waals surface area (Å²) in [7, 11) is 0. The van der Waals surface area contributed by atoms with Crippen LogP contribution in [0.1, 0.15) is 18.9 Å². The van der Waals surface area contributed by atoms with E-state index in [0.717, 1.165) is 25.3 Å². The second kappa shape index (κ2) is 11.1. The molecule has 160 valence electrons. The minimum Gasteiger partial charge on any atom is -0.489 e. The number of hydrogen-bond acceptors (Lipinski definition) is 4. The van der Waals surface area contributed by atoms with Crippen molar-refractivity contribution in [3.8, 4) is 11.5 Å². The van der Waals surface area contributed by atoms with E-state index in [-0.39, 0.29) is 5.91 Å². The van der Waals surface area contributed by atoms with Crippen molar-refractivity contribution < 1.29 is 14.3 Å². The maximum atomic E-state index is 12.6. The topological polar surface area (TPSA) is 59.9 Å². The quantitative estimate of drug-likeness (QED) is 0.197. The number of amides is 1. The lowest BCUT2D eigenvalue weighted by Gasteiger charge is -2.17. The number of rotatable bonds is 9. The standard InChI is InChI=1S/C24H22Br2N2O3/c1-3-13-30-21-12-10-18(25)14-17(21)15-27-28-24(29)20(4-2)31-22-11-9-16-7-5-6-8-19(16)23(22)26/h3,5-12,14-15,20H,1,4,13H2,2H3,(H,28,29)/b27-15-/t20-/m0/s1. The highest BCUT2D eigenvalue weighted by atomic mass is 79.9. The minimum atomic E-state index is -0.686. The average molecular weight is 546 g/mol. The van der Waals surface area contributed by atoms with Crippen molar-refractivity contribution in [3.05, 3.63) is 81.8 Å². The summed E-state index contributed by atoms with van der Waals surface area (Å²) in [4.78, 5) is 12.6. The Kier molecular flexibility index (Phi) is 8.26. The molecule has 1 N–H and O–H groups in total. The SMILES string of the molecule is C=CCOc1ccc(Br)cc1/C=N\NC(=O)[C@H](CC)Oc1ccc2ccccc2c1Br. The number of benzene rings is 3. The number of nitrogens with one attached hydrogen (secondary N) is 1. The molecule has 0 aromatic heterocycles. The Bertz CT molecular complexity index is 1120. The monoisotopic (exact) mass is 544 g/mol. The van der Waals surface area contributed by atoms with Gasteiger partial charge in [-0.2, -0.15) is 5.10 Å². The van der Waals surface area contributed by atoms with Gasteiger partial charge in [-0.05, 0) is 57.4 Å². The highest BCUT2D eigenvalue weighted by Crippen LogP contribution is 2.33. The molecule has 0 heterocycles. The van der Waals surface area contributed by atoms with E-state index in [9.17, 15) is 4.79 Å². The maximum Gasteiger partial charge on any atom is 0.281 e. The van der Waals surface area contributed by atoms with Crippen LogP contribution < -0.4 is 14.9 Å². The highest BCUT2D eigenvalue weighted by Gasteiger charge is 2.20. The smallest absolute Gasteiger partial charge is 0.281 e. The van der Waals surface area contributed by atoms with Crippen molar-refractivity contribution in [2.75, 3.05) is 6.61 Å². The molecule has 0 unspecified atom stereocenters. The molecule has 0 saturated heterocycles. The molecule has 31 heavy (non-hydrogen) atoms. The van der Waals surface area contributed by atoms with E-state index in [1.165, 1.54) is 0 Å². The summed E-state index contributed by atoms with van der Waals surface area (Å²) in [6.07, 6.45) is 3.01. The van der Waals surface area contributed by atoms with Crippen LogP contribution in [0.2, 0.25) is 0 Å². The minimum absolute atomic E-state index is 0.331. The van der Waals surface area contributed by atoms with Crippen molar-refractivity contribution >= 4 is 54.8 Å². The van der Waals surface area contributed by atoms with E-state index >= 15 is 0 Å². The largest absolute Gasteiger partial charge is 0.489 e. The molecule has 0 fully saturated rings. The predicted octanol–water partition coefficient (Wildman–Crippen LogP) is 6.24. The first kappa shape index (κ1) is 23.0. The molecule has 3 aromatic carbocycles. The summed E-state index contributed by atoms with van der Waals surface area (Å²) in [5.41, 5.74) is 3.29. The van der Waals surface area contributed by atoms with Crippen molar-refractivity contribution in [1.82, 2.24) is 5.43 Å². The molecule has 0 saturated carbocycles. The number of nitrogens with zero attached hydrogens (tertiary/aromatic N) is 1. The number of hydrogen-bond donors (Lipinski definition) is 1. The molecule has 0 bridgehead atoms. The van der Waals surface area contributed by atoms with E-state index in [2.05, 4.69) is 49.0 Å². The highest BCUT2D eigenvalue weighted by molar-refractivity contribution is 9.11. The zero-order valence-corrected chi connectivity index (χ0v) is 20.1. The van der Waals surface area contributed by atoms with Crippen LogP contribution in [0.4, 0.5) is 0 Å². The number of carbonyl (C=O) groups excluding carboxylic acids is 1. The van der Waals surface area contributed by atoms with Gasteiger partial charge >= 0.3 is 0 Å². The lowest BCUT2D eigenvalue weighted by Crippen LogP contribution is -2.35. The molecular weight excluding hydrogens is 524 g/mol. The number of carbonyl (C=O) groups is 1. The summed E-state index contributed by atoms with van der Waals surface area (Å²) in [5, 5.41) is 6.20. The van der Waals surface area contributed by atoms with Gasteiger partial charge in [-0.25, -0.2) is 5.43 Å². The predicted molar refractivity (Wildman–Crippen MR) is 132 cm³/mol. The van der Waals surface area contributed by atoms with Crippen molar-refractivity contribution in [2.24, 2.45) is 5.10 Å². The Morgan fingerprint density at radius 3 is 2.71 bits per heavy atom. The first-order valence-electron chi connectivity index (χ1n) is 9.73. The van der Waals surface area contributed by atoms with Gasteiger partial charge in [0, 0.05) is 10.0 Å². The Morgan fingerprint density at radius 2 is 1.94 bits per heavy atom. The fourth-order valence-corrected chi connectivity index (χ4v) is 3.88. The zero-order valence-electron chi connectivity index (χ0n) is 17.0. The van der Waals surface area contributed by atoms with Crippen molar-refractivity contribution in [2.45, 2.75) is 19.4 Å². The maximum absolute atomic E-state index is 12.6. The van der Waals surface area contributed by atoms with Gasteiger partial charge < -0.3 is 9.47 Å². The molecule has 1 amide bonds. The van der Waals surface area contributed by atoms with Gasteiger partial charge in [0.25, 0.3) is 5.91 Å². The molecule has 3 aromatic rings. The second-order valence-electron chi connectivity index (χ2n) is 6.63. The fourth-order valence-electron chi connectivity index (χ4n) is 2.92. The van der Waals surface area contributed by atoms with Crippen LogP contribution in [0.25, 0.3) is 10.8 Å². The van der Waals surface area contributed by atoms with Gasteiger partial charge in [0.2, 0.25) is 0 Å². The first-order valence-corrected chi connectivity index (χ1v) is 11.3. The Balaban J connectivity index is 1.70. The normalized spacial score (nSPS) is 12.0. The Labute approximate surface area is 198 Å². The molecule has 5 nitrogen and oxygen atoms in total. The van der Waals surface area contributed by atoms with Crippen molar-refractivity contribution in [3.63, 3.8) is 0 Å². The van der Waals surface area contributed by atoms with Crippen LogP contribution in [0, 0.1) is 0 Å². The van der Waals surface area contributed by atoms with E-state index in [4.69, 9.17) is 9.47 Å². The third-order valence-corrected chi connectivity index (χ3v) is 5.78. The summed E-state index contributed by atoms with van der Waals surface area (Å²) in [6.45, 7) is 5.92. The van der Waals surface area contributed by atoms with Gasteiger partial charge in [-0.15, -0.1) is 0 Å². The van der Waals surface area contributed by atoms with Gasteiger partial charge in [-0.1, -0.05) is 65.8 Å². The molecule has 0 aliphatic carbocycles. The zero-order chi connectivity index (χ0) is 22.2. The summed E-state index contributed by atoms with van der Waals surface area (Å²) >= 11 is 7.03. The molecule has 0 aliphatic heterocycles. The van der Waals surface area contributed by atoms with E-state index in [1.54, 1.807) is 12.3 Å². The van der Waals surface area contributed by atoms with E-state index in [1.807, 2.05) is 61.5 Å². The number of ether oxygens (including phenoxy) is 2. The average Bonchev–Trinajstić information content (AvgIpc) is 2.78. The summed E-state index contributed by atoms with van der Waals surface area (Å²) in [5.74, 6) is 0.920.